The van der Waals surface area contributed by atoms with Gasteiger partial charge >= 0.3 is 0 Å². The summed E-state index contributed by atoms with van der Waals surface area (Å²) in [6.07, 6.45) is 0. The van der Waals surface area contributed by atoms with Crippen molar-refractivity contribution in [2.45, 2.75) is 27.7 Å². The summed E-state index contributed by atoms with van der Waals surface area (Å²) in [5.41, 5.74) is 12.0. The lowest BCUT2D eigenvalue weighted by Gasteiger charge is -2.32. The Morgan fingerprint density at radius 2 is 0.500 bits per heavy atom. The van der Waals surface area contributed by atoms with Gasteiger partial charge < -0.3 is 9.80 Å². The molecule has 0 N–H and O–H groups in total. The van der Waals surface area contributed by atoms with Gasteiger partial charge in [0.25, 0.3) is 0 Å². The standard InChI is InChI=1S/C46H38N2/c1-31-17-5-13-25-41(31)47(42-26-14-6-18-32(42)2)45-29-39-36-22-10-12-24-38(36)46(30-40(39)35-21-9-11-23-37(35)45)48(43-27-15-7-19-33(43)3)44-28-16-8-20-34(44)4/h5-30H,1-4H3. The van der Waals surface area contributed by atoms with Crippen molar-refractivity contribution in [3.8, 4) is 0 Å². The van der Waals surface area contributed by atoms with Gasteiger partial charge in [0, 0.05) is 33.5 Å². The van der Waals surface area contributed by atoms with Crippen molar-refractivity contribution in [3.05, 3.63) is 180 Å². The van der Waals surface area contributed by atoms with Gasteiger partial charge in [-0.05, 0) is 108 Å². The van der Waals surface area contributed by atoms with Crippen LogP contribution in [0.5, 0.6) is 0 Å². The van der Waals surface area contributed by atoms with Gasteiger partial charge in [-0.25, -0.2) is 0 Å². The molecule has 8 aromatic rings. The SMILES string of the molecule is Cc1ccccc1N(c1ccccc1C)c1cc2c3ccccc3c(N(c3ccccc3C)c3ccccc3C)cc2c2ccccc12. The fraction of sp³-hybridized carbons (Fsp3) is 0.0870. The molecule has 0 spiro atoms. The van der Waals surface area contributed by atoms with Gasteiger partial charge in [-0.3, -0.25) is 0 Å². The molecule has 0 fully saturated rings. The number of para-hydroxylation sites is 4. The molecule has 232 valence electrons. The predicted octanol–water partition coefficient (Wildman–Crippen LogP) is 13.3. The van der Waals surface area contributed by atoms with Crippen molar-refractivity contribution < 1.29 is 0 Å². The lowest BCUT2D eigenvalue weighted by molar-refractivity contribution is 1.23. The van der Waals surface area contributed by atoms with Crippen LogP contribution in [-0.2, 0) is 0 Å². The Morgan fingerprint density at radius 1 is 0.250 bits per heavy atom. The van der Waals surface area contributed by atoms with Crippen molar-refractivity contribution in [1.82, 2.24) is 0 Å². The van der Waals surface area contributed by atoms with E-state index in [9.17, 15) is 0 Å². The zero-order valence-corrected chi connectivity index (χ0v) is 27.9. The molecule has 48 heavy (non-hydrogen) atoms. The predicted molar refractivity (Wildman–Crippen MR) is 207 cm³/mol. The Balaban J connectivity index is 1.50. The van der Waals surface area contributed by atoms with Crippen LogP contribution in [-0.4, -0.2) is 0 Å². The minimum atomic E-state index is 1.18. The first-order valence-corrected chi connectivity index (χ1v) is 16.7. The lowest BCUT2D eigenvalue weighted by atomic mass is 9.93. The summed E-state index contributed by atoms with van der Waals surface area (Å²) in [7, 11) is 0. The number of rotatable bonds is 6. The average Bonchev–Trinajstić information content (AvgIpc) is 3.12. The van der Waals surface area contributed by atoms with Crippen molar-refractivity contribution >= 4 is 66.4 Å². The molecule has 0 heterocycles. The molecule has 0 unspecified atom stereocenters. The number of hydrogen-bond acceptors (Lipinski definition) is 2. The summed E-state index contributed by atoms with van der Waals surface area (Å²) >= 11 is 0. The molecule has 0 aliphatic carbocycles. The molecule has 0 saturated carbocycles. The molecule has 2 nitrogen and oxygen atoms in total. The van der Waals surface area contributed by atoms with Gasteiger partial charge in [0.2, 0.25) is 0 Å². The number of benzene rings is 8. The van der Waals surface area contributed by atoms with Gasteiger partial charge in [0.15, 0.2) is 0 Å². The number of hydrogen-bond donors (Lipinski definition) is 0. The third-order valence-corrected chi connectivity index (χ3v) is 9.75. The molecule has 8 rings (SSSR count). The number of nitrogens with zero attached hydrogens (tertiary/aromatic N) is 2. The van der Waals surface area contributed by atoms with Gasteiger partial charge in [0.1, 0.15) is 0 Å². The van der Waals surface area contributed by atoms with Gasteiger partial charge in [-0.2, -0.15) is 0 Å². The molecule has 0 atom stereocenters. The summed E-state index contributed by atoms with van der Waals surface area (Å²) in [4.78, 5) is 4.92. The largest absolute Gasteiger partial charge is 0.309 e. The van der Waals surface area contributed by atoms with Gasteiger partial charge in [-0.15, -0.1) is 0 Å². The van der Waals surface area contributed by atoms with E-state index in [2.05, 4.69) is 195 Å². The monoisotopic (exact) mass is 618 g/mol. The molecule has 2 heteroatoms. The van der Waals surface area contributed by atoms with E-state index in [0.29, 0.717) is 0 Å². The highest BCUT2D eigenvalue weighted by atomic mass is 15.2. The van der Waals surface area contributed by atoms with E-state index in [1.165, 1.54) is 88.7 Å². The number of aryl methyl sites for hydroxylation is 4. The maximum atomic E-state index is 2.46. The Kier molecular flexibility index (Phi) is 7.42. The summed E-state index contributed by atoms with van der Waals surface area (Å²) < 4.78 is 0. The van der Waals surface area contributed by atoms with Crippen LogP contribution < -0.4 is 9.80 Å². The molecule has 0 radical (unpaired) electrons. The molecule has 0 bridgehead atoms. The van der Waals surface area contributed by atoms with E-state index in [1.807, 2.05) is 0 Å². The molecular weight excluding hydrogens is 581 g/mol. The van der Waals surface area contributed by atoms with Crippen molar-refractivity contribution in [3.63, 3.8) is 0 Å². The quantitative estimate of drug-likeness (QED) is 0.171. The maximum Gasteiger partial charge on any atom is 0.0546 e. The third-order valence-electron chi connectivity index (χ3n) is 9.75. The van der Waals surface area contributed by atoms with Crippen LogP contribution in [0.25, 0.3) is 32.3 Å². The second-order valence-electron chi connectivity index (χ2n) is 12.8. The molecule has 0 aromatic heterocycles. The first kappa shape index (κ1) is 29.5. The number of fused-ring (bicyclic) bond motifs is 5. The summed E-state index contributed by atoms with van der Waals surface area (Å²) in [6.45, 7) is 8.82. The third kappa shape index (κ3) is 4.89. The fourth-order valence-corrected chi connectivity index (χ4v) is 7.32. The number of anilines is 6. The van der Waals surface area contributed by atoms with Gasteiger partial charge in [0.05, 0.1) is 11.4 Å². The molecule has 0 aliphatic rings. The minimum Gasteiger partial charge on any atom is -0.309 e. The highest BCUT2D eigenvalue weighted by Gasteiger charge is 2.24. The zero-order chi connectivity index (χ0) is 32.8. The van der Waals surface area contributed by atoms with E-state index in [-0.39, 0.29) is 0 Å². The van der Waals surface area contributed by atoms with E-state index in [1.54, 1.807) is 0 Å². The second-order valence-corrected chi connectivity index (χ2v) is 12.8. The smallest absolute Gasteiger partial charge is 0.0546 e. The summed E-state index contributed by atoms with van der Waals surface area (Å²) in [5.74, 6) is 0. The Hall–Kier alpha value is -5.86. The first-order chi connectivity index (χ1) is 23.5. The molecular formula is C46H38N2. The van der Waals surface area contributed by atoms with E-state index in [4.69, 9.17) is 0 Å². The summed E-state index contributed by atoms with van der Waals surface area (Å²) in [5, 5.41) is 7.39. The van der Waals surface area contributed by atoms with Crippen LogP contribution in [0, 0.1) is 27.7 Å². The lowest BCUT2D eigenvalue weighted by Crippen LogP contribution is -2.14. The normalized spacial score (nSPS) is 11.3. The van der Waals surface area contributed by atoms with E-state index >= 15 is 0 Å². The zero-order valence-electron chi connectivity index (χ0n) is 27.9. The average molecular weight is 619 g/mol. The summed E-state index contributed by atoms with van der Waals surface area (Å²) in [6, 6.07) is 57.5. The van der Waals surface area contributed by atoms with Crippen LogP contribution in [0.15, 0.2) is 158 Å². The minimum absolute atomic E-state index is 1.18. The highest BCUT2D eigenvalue weighted by molar-refractivity contribution is 6.24. The van der Waals surface area contributed by atoms with Crippen LogP contribution in [0.3, 0.4) is 0 Å². The van der Waals surface area contributed by atoms with Crippen LogP contribution in [0.4, 0.5) is 34.1 Å². The van der Waals surface area contributed by atoms with Crippen molar-refractivity contribution in [2.75, 3.05) is 9.80 Å². The highest BCUT2D eigenvalue weighted by Crippen LogP contribution is 2.48. The Bertz CT molecular complexity index is 2210. The van der Waals surface area contributed by atoms with E-state index < -0.39 is 0 Å². The molecule has 0 amide bonds. The molecule has 0 saturated heterocycles. The van der Waals surface area contributed by atoms with Crippen LogP contribution in [0.2, 0.25) is 0 Å². The molecule has 0 aliphatic heterocycles. The van der Waals surface area contributed by atoms with Crippen LogP contribution in [0.1, 0.15) is 22.3 Å². The topological polar surface area (TPSA) is 6.48 Å². The van der Waals surface area contributed by atoms with Crippen molar-refractivity contribution in [1.29, 1.82) is 0 Å². The van der Waals surface area contributed by atoms with Gasteiger partial charge in [-0.1, -0.05) is 121 Å². The fourth-order valence-electron chi connectivity index (χ4n) is 7.32. The Morgan fingerprint density at radius 3 is 0.792 bits per heavy atom. The van der Waals surface area contributed by atoms with Crippen LogP contribution >= 0.6 is 0 Å². The maximum absolute atomic E-state index is 2.46. The Labute approximate surface area is 283 Å². The van der Waals surface area contributed by atoms with Crippen molar-refractivity contribution in [2.24, 2.45) is 0 Å². The molecule has 8 aromatic carbocycles. The van der Waals surface area contributed by atoms with E-state index in [0.717, 1.165) is 0 Å². The second kappa shape index (κ2) is 12.1. The first-order valence-electron chi connectivity index (χ1n) is 16.7.